The average molecular weight is 302 g/mol. The van der Waals surface area contributed by atoms with E-state index in [1.54, 1.807) is 31.2 Å². The van der Waals surface area contributed by atoms with Crippen molar-refractivity contribution in [2.24, 2.45) is 0 Å². The number of hydrogen-bond donors (Lipinski definition) is 0. The van der Waals surface area contributed by atoms with Gasteiger partial charge in [0, 0.05) is 19.2 Å². The van der Waals surface area contributed by atoms with Crippen molar-refractivity contribution < 1.29 is 19.0 Å². The molecule has 112 valence electrons. The van der Waals surface area contributed by atoms with Gasteiger partial charge in [0.05, 0.1) is 19.8 Å². The lowest BCUT2D eigenvalue weighted by atomic mass is 10.3. The number of methoxy groups -OCH3 is 1. The van der Waals surface area contributed by atoms with Crippen LogP contribution in [-0.4, -0.2) is 57.9 Å². The first-order valence-corrected chi connectivity index (χ1v) is 6.70. The first-order valence-electron chi connectivity index (χ1n) is 6.32. The van der Waals surface area contributed by atoms with E-state index in [9.17, 15) is 4.79 Å². The van der Waals surface area contributed by atoms with Gasteiger partial charge >= 0.3 is 0 Å². The van der Waals surface area contributed by atoms with Crippen LogP contribution in [0.1, 0.15) is 0 Å². The zero-order chi connectivity index (χ0) is 14.8. The van der Waals surface area contributed by atoms with Crippen LogP contribution in [0.15, 0.2) is 24.3 Å². The lowest BCUT2D eigenvalue weighted by Crippen LogP contribution is -2.34. The van der Waals surface area contributed by atoms with Gasteiger partial charge in [0.15, 0.2) is 0 Å². The van der Waals surface area contributed by atoms with Crippen LogP contribution in [0.2, 0.25) is 5.02 Å². The molecule has 0 unspecified atom stereocenters. The Morgan fingerprint density at radius 1 is 1.30 bits per heavy atom. The summed E-state index contributed by atoms with van der Waals surface area (Å²) < 4.78 is 15.5. The second-order valence-electron chi connectivity index (χ2n) is 4.17. The molecule has 0 saturated carbocycles. The number of nitrogens with zero attached hydrogens (tertiary/aromatic N) is 1. The van der Waals surface area contributed by atoms with Crippen LogP contribution in [0.3, 0.4) is 0 Å². The molecule has 0 N–H and O–H groups in total. The number of amides is 1. The molecule has 0 aromatic heterocycles. The van der Waals surface area contributed by atoms with E-state index in [4.69, 9.17) is 25.8 Å². The van der Waals surface area contributed by atoms with Gasteiger partial charge in [-0.1, -0.05) is 17.7 Å². The van der Waals surface area contributed by atoms with Crippen molar-refractivity contribution in [1.82, 2.24) is 4.90 Å². The minimum atomic E-state index is -0.0872. The molecule has 0 radical (unpaired) electrons. The fraction of sp³-hybridized carbons (Fsp3) is 0.500. The molecule has 1 amide bonds. The Kier molecular flexibility index (Phi) is 8.02. The number of carbonyl (C=O) groups is 1. The molecule has 1 rings (SSSR count). The Balaban J connectivity index is 2.18. The molecule has 5 nitrogen and oxygen atoms in total. The van der Waals surface area contributed by atoms with Crippen LogP contribution < -0.4 is 4.74 Å². The summed E-state index contributed by atoms with van der Waals surface area (Å²) >= 11 is 5.85. The van der Waals surface area contributed by atoms with Crippen LogP contribution in [0.5, 0.6) is 5.75 Å². The smallest absolute Gasteiger partial charge is 0.248 e. The molecule has 0 saturated heterocycles. The van der Waals surface area contributed by atoms with Crippen LogP contribution in [0, 0.1) is 0 Å². The van der Waals surface area contributed by atoms with Gasteiger partial charge in [-0.05, 0) is 18.2 Å². The second kappa shape index (κ2) is 9.58. The molecule has 1 aromatic rings. The van der Waals surface area contributed by atoms with E-state index < -0.39 is 0 Å². The topological polar surface area (TPSA) is 48.0 Å². The van der Waals surface area contributed by atoms with Crippen LogP contribution in [0.25, 0.3) is 0 Å². The maximum Gasteiger partial charge on any atom is 0.248 e. The Morgan fingerprint density at radius 2 is 2.10 bits per heavy atom. The molecule has 0 bridgehead atoms. The fourth-order valence-corrected chi connectivity index (χ4v) is 1.57. The predicted molar refractivity (Wildman–Crippen MR) is 77.3 cm³/mol. The molecule has 0 spiro atoms. The number of carbonyl (C=O) groups excluding carboxylic acids is 1. The van der Waals surface area contributed by atoms with Gasteiger partial charge in [-0.3, -0.25) is 4.79 Å². The van der Waals surface area contributed by atoms with Gasteiger partial charge < -0.3 is 19.1 Å². The van der Waals surface area contributed by atoms with Crippen molar-refractivity contribution in [2.75, 3.05) is 47.1 Å². The lowest BCUT2D eigenvalue weighted by molar-refractivity contribution is -0.135. The SMILES string of the molecule is COCCOCC(=O)N(C)CCOc1cccc(Cl)c1. The molecule has 0 atom stereocenters. The molecule has 1 aromatic carbocycles. The van der Waals surface area contributed by atoms with Crippen molar-refractivity contribution >= 4 is 17.5 Å². The lowest BCUT2D eigenvalue weighted by Gasteiger charge is -2.17. The monoisotopic (exact) mass is 301 g/mol. The highest BCUT2D eigenvalue weighted by Crippen LogP contribution is 2.16. The number of rotatable bonds is 9. The van der Waals surface area contributed by atoms with Gasteiger partial charge in [-0.2, -0.15) is 0 Å². The number of ether oxygens (including phenoxy) is 3. The predicted octanol–water partition coefficient (Wildman–Crippen LogP) is 1.84. The molecular formula is C14H20ClNO4. The number of benzene rings is 1. The summed E-state index contributed by atoms with van der Waals surface area (Å²) in [6.45, 7) is 1.83. The van der Waals surface area contributed by atoms with Gasteiger partial charge in [0.1, 0.15) is 19.0 Å². The highest BCUT2D eigenvalue weighted by molar-refractivity contribution is 6.30. The zero-order valence-electron chi connectivity index (χ0n) is 11.8. The van der Waals surface area contributed by atoms with Crippen molar-refractivity contribution in [3.05, 3.63) is 29.3 Å². The number of halogens is 1. The van der Waals surface area contributed by atoms with E-state index in [0.29, 0.717) is 37.1 Å². The van der Waals surface area contributed by atoms with E-state index in [-0.39, 0.29) is 12.5 Å². The molecular weight excluding hydrogens is 282 g/mol. The minimum absolute atomic E-state index is 0.0526. The summed E-state index contributed by atoms with van der Waals surface area (Å²) in [5.41, 5.74) is 0. The Bertz CT molecular complexity index is 414. The second-order valence-corrected chi connectivity index (χ2v) is 4.60. The summed E-state index contributed by atoms with van der Waals surface area (Å²) in [5.74, 6) is 0.602. The maximum absolute atomic E-state index is 11.7. The van der Waals surface area contributed by atoms with Gasteiger partial charge in [-0.25, -0.2) is 0 Å². The average Bonchev–Trinajstić information content (AvgIpc) is 2.43. The largest absolute Gasteiger partial charge is 0.492 e. The standard InChI is InChI=1S/C14H20ClNO4/c1-16(14(17)11-19-9-8-18-2)6-7-20-13-5-3-4-12(15)10-13/h3-5,10H,6-9,11H2,1-2H3. The van der Waals surface area contributed by atoms with E-state index in [1.165, 1.54) is 0 Å². The zero-order valence-corrected chi connectivity index (χ0v) is 12.6. The highest BCUT2D eigenvalue weighted by atomic mass is 35.5. The van der Waals surface area contributed by atoms with E-state index in [1.807, 2.05) is 12.1 Å². The third kappa shape index (κ3) is 6.75. The quantitative estimate of drug-likeness (QED) is 0.653. The maximum atomic E-state index is 11.7. The third-order valence-corrected chi connectivity index (χ3v) is 2.81. The first kappa shape index (κ1) is 16.8. The Hall–Kier alpha value is -1.30. The third-order valence-electron chi connectivity index (χ3n) is 2.57. The number of hydrogen-bond acceptors (Lipinski definition) is 4. The normalized spacial score (nSPS) is 10.3. The summed E-state index contributed by atoms with van der Waals surface area (Å²) in [6, 6.07) is 7.15. The van der Waals surface area contributed by atoms with Crippen LogP contribution in [-0.2, 0) is 14.3 Å². The summed E-state index contributed by atoms with van der Waals surface area (Å²) in [7, 11) is 3.30. The van der Waals surface area contributed by atoms with E-state index in [2.05, 4.69) is 0 Å². The molecule has 0 aliphatic rings. The Labute approximate surface area is 124 Å². The summed E-state index contributed by atoms with van der Waals surface area (Å²) in [4.78, 5) is 13.3. The van der Waals surface area contributed by atoms with Crippen molar-refractivity contribution in [3.63, 3.8) is 0 Å². The minimum Gasteiger partial charge on any atom is -0.492 e. The van der Waals surface area contributed by atoms with Gasteiger partial charge in [-0.15, -0.1) is 0 Å². The summed E-state index contributed by atoms with van der Waals surface area (Å²) in [5, 5.41) is 0.624. The first-order chi connectivity index (χ1) is 9.63. The van der Waals surface area contributed by atoms with Crippen molar-refractivity contribution in [3.8, 4) is 5.75 Å². The van der Waals surface area contributed by atoms with Crippen LogP contribution in [0.4, 0.5) is 0 Å². The van der Waals surface area contributed by atoms with Crippen molar-refractivity contribution in [2.45, 2.75) is 0 Å². The van der Waals surface area contributed by atoms with E-state index >= 15 is 0 Å². The molecule has 20 heavy (non-hydrogen) atoms. The molecule has 0 fully saturated rings. The number of likely N-dealkylation sites (N-methyl/N-ethyl adjacent to an activating group) is 1. The molecule has 6 heteroatoms. The molecule has 0 heterocycles. The van der Waals surface area contributed by atoms with Gasteiger partial charge in [0.25, 0.3) is 0 Å². The fourth-order valence-electron chi connectivity index (χ4n) is 1.39. The van der Waals surface area contributed by atoms with Gasteiger partial charge in [0.2, 0.25) is 5.91 Å². The summed E-state index contributed by atoms with van der Waals surface area (Å²) in [6.07, 6.45) is 0. The van der Waals surface area contributed by atoms with Crippen LogP contribution >= 0.6 is 11.6 Å². The highest BCUT2D eigenvalue weighted by Gasteiger charge is 2.08. The Morgan fingerprint density at radius 3 is 2.80 bits per heavy atom. The van der Waals surface area contributed by atoms with E-state index in [0.717, 1.165) is 0 Å². The molecule has 0 aliphatic heterocycles. The molecule has 0 aliphatic carbocycles. The van der Waals surface area contributed by atoms with Crippen molar-refractivity contribution in [1.29, 1.82) is 0 Å².